The molecule has 0 saturated heterocycles. The molecule has 3 aromatic rings. The van der Waals surface area contributed by atoms with Crippen LogP contribution in [0.3, 0.4) is 0 Å². The van der Waals surface area contributed by atoms with Crippen LogP contribution < -0.4 is 10.1 Å². The first-order chi connectivity index (χ1) is 20.6. The van der Waals surface area contributed by atoms with Gasteiger partial charge in [-0.1, -0.05) is 48.0 Å². The highest BCUT2D eigenvalue weighted by atomic mass is 35.5. The number of pyridine rings is 1. The van der Waals surface area contributed by atoms with Crippen LogP contribution in [0.4, 0.5) is 5.69 Å². The molecule has 1 amide bonds. The maximum absolute atomic E-state index is 13.2. The van der Waals surface area contributed by atoms with Crippen LogP contribution in [-0.2, 0) is 17.9 Å². The molecule has 0 aliphatic carbocycles. The van der Waals surface area contributed by atoms with E-state index in [9.17, 15) is 15.0 Å². The zero-order chi connectivity index (χ0) is 29.3. The summed E-state index contributed by atoms with van der Waals surface area (Å²) in [5.74, 6) is 1.31. The van der Waals surface area contributed by atoms with Crippen LogP contribution in [0.2, 0.25) is 5.02 Å². The summed E-state index contributed by atoms with van der Waals surface area (Å²) in [5.41, 5.74) is 3.56. The number of carbonyl (C=O) groups is 1. The lowest BCUT2D eigenvalue weighted by atomic mass is 10.1. The van der Waals surface area contributed by atoms with Crippen molar-refractivity contribution in [2.45, 2.75) is 13.2 Å². The smallest absolute Gasteiger partial charge is 0.232 e. The molecule has 2 aliphatic heterocycles. The minimum Gasteiger partial charge on any atom is -0.486 e. The maximum Gasteiger partial charge on any atom is 0.232 e. The fraction of sp³-hybridized carbons (Fsp3) is 0.226. The van der Waals surface area contributed by atoms with E-state index in [0.29, 0.717) is 29.7 Å². The molecule has 0 fully saturated rings. The zero-order valence-corrected chi connectivity index (χ0v) is 24.5. The summed E-state index contributed by atoms with van der Waals surface area (Å²) in [7, 11) is -0.547. The first-order valence-electron chi connectivity index (χ1n) is 13.5. The number of halogens is 1. The van der Waals surface area contributed by atoms with Crippen molar-refractivity contribution in [3.63, 3.8) is 0 Å². The Morgan fingerprint density at radius 1 is 1.05 bits per heavy atom. The Balaban J connectivity index is 1.38. The number of hydrogen-bond donors (Lipinski definition) is 3. The van der Waals surface area contributed by atoms with E-state index in [4.69, 9.17) is 21.3 Å². The van der Waals surface area contributed by atoms with Crippen LogP contribution in [0.25, 0.3) is 0 Å². The third-order valence-electron chi connectivity index (χ3n) is 6.58. The van der Waals surface area contributed by atoms with Gasteiger partial charge >= 0.3 is 0 Å². The number of anilines is 1. The van der Waals surface area contributed by atoms with Crippen molar-refractivity contribution < 1.29 is 19.7 Å². The Morgan fingerprint density at radius 3 is 2.55 bits per heavy atom. The maximum atomic E-state index is 13.2. The van der Waals surface area contributed by atoms with Crippen LogP contribution in [0.1, 0.15) is 11.3 Å². The highest BCUT2D eigenvalue weighted by Gasteiger charge is 2.28. The van der Waals surface area contributed by atoms with Gasteiger partial charge in [0.05, 0.1) is 41.0 Å². The quantitative estimate of drug-likeness (QED) is 0.250. The molecule has 1 aromatic heterocycles. The van der Waals surface area contributed by atoms with E-state index in [1.54, 1.807) is 18.6 Å². The predicted octanol–water partition coefficient (Wildman–Crippen LogP) is 4.22. The summed E-state index contributed by atoms with van der Waals surface area (Å²) in [6.07, 6.45) is 5.51. The number of fused-ring (bicyclic) bond motifs is 1. The summed E-state index contributed by atoms with van der Waals surface area (Å²) in [4.78, 5) is 26.7. The molecule has 0 saturated carbocycles. The number of aliphatic hydroxyl groups is 2. The van der Waals surface area contributed by atoms with Crippen molar-refractivity contribution >= 4 is 45.0 Å². The molecule has 42 heavy (non-hydrogen) atoms. The third-order valence-corrected chi connectivity index (χ3v) is 8.85. The van der Waals surface area contributed by atoms with E-state index >= 15 is 0 Å². The number of aliphatic hydroxyl groups excluding tert-OH is 2. The number of rotatable bonds is 13. The summed E-state index contributed by atoms with van der Waals surface area (Å²) < 4.78 is 5.86. The van der Waals surface area contributed by atoms with E-state index < -0.39 is 10.5 Å². The average molecular weight is 606 g/mol. The lowest BCUT2D eigenvalue weighted by molar-refractivity contribution is -0.129. The summed E-state index contributed by atoms with van der Waals surface area (Å²) in [6, 6.07) is 21.2. The van der Waals surface area contributed by atoms with Crippen molar-refractivity contribution in [3.05, 3.63) is 112 Å². The Hall–Kier alpha value is -3.96. The van der Waals surface area contributed by atoms with Gasteiger partial charge in [0.25, 0.3) is 0 Å². The molecule has 0 spiro atoms. The molecule has 3 N–H and O–H groups in total. The SMILES string of the molecule is O=C(CS1=C2C(=C(Nc3ccc(OCc4ccccn4)c(Cl)c3)N=CN2Cc2ccccc2)C=C1)N(CCO)CCO. The Bertz CT molecular complexity index is 1520. The molecule has 0 bridgehead atoms. The topological polar surface area (TPSA) is 111 Å². The van der Waals surface area contributed by atoms with Gasteiger partial charge in [0.1, 0.15) is 18.2 Å². The van der Waals surface area contributed by atoms with Gasteiger partial charge in [0.2, 0.25) is 5.91 Å². The number of nitrogens with zero attached hydrogens (tertiary/aromatic N) is 4. The first-order valence-corrected chi connectivity index (χ1v) is 15.3. The van der Waals surface area contributed by atoms with Crippen molar-refractivity contribution in [1.82, 2.24) is 14.8 Å². The number of amides is 1. The van der Waals surface area contributed by atoms with Gasteiger partial charge in [-0.05, 0) is 47.4 Å². The number of carbonyl (C=O) groups excluding carboxylic acids is 1. The van der Waals surface area contributed by atoms with Crippen LogP contribution >= 0.6 is 22.1 Å². The van der Waals surface area contributed by atoms with Crippen molar-refractivity contribution in [2.75, 3.05) is 37.4 Å². The number of aliphatic imine (C=N–C) groups is 1. The second-order valence-corrected chi connectivity index (χ2v) is 11.7. The second kappa shape index (κ2) is 14.3. The minimum absolute atomic E-state index is 0.121. The molecular weight excluding hydrogens is 574 g/mol. The van der Waals surface area contributed by atoms with Crippen molar-refractivity contribution in [1.29, 1.82) is 0 Å². The van der Waals surface area contributed by atoms with E-state index in [1.807, 2.05) is 60.0 Å². The molecule has 5 rings (SSSR count). The van der Waals surface area contributed by atoms with Gasteiger partial charge in [-0.25, -0.2) is 4.99 Å². The standard InChI is InChI=1S/C31H32ClN5O4S/c32-27-18-24(9-10-28(27)41-20-25-8-4-5-12-33-25)35-30-26-11-17-42(21-29(40)36(13-15-38)14-16-39)31(26)37(22-34-30)19-23-6-2-1-3-7-23/h1-12,17-18,22,35,38-39H,13-16,19-21H2. The lowest BCUT2D eigenvalue weighted by Gasteiger charge is -2.29. The number of aromatic nitrogens is 1. The van der Waals surface area contributed by atoms with E-state index in [2.05, 4.69) is 27.3 Å². The molecule has 1 unspecified atom stereocenters. The summed E-state index contributed by atoms with van der Waals surface area (Å²) in [6.45, 7) is 0.954. The minimum atomic E-state index is -0.547. The van der Waals surface area contributed by atoms with Gasteiger partial charge in [-0.3, -0.25) is 9.78 Å². The molecule has 1 atom stereocenters. The van der Waals surface area contributed by atoms with Crippen LogP contribution in [0.15, 0.2) is 101 Å². The molecule has 11 heteroatoms. The van der Waals surface area contributed by atoms with Crippen LogP contribution in [0.5, 0.6) is 5.75 Å². The molecular formula is C31H32ClN5O4S. The highest BCUT2D eigenvalue weighted by molar-refractivity contribution is 8.19. The van der Waals surface area contributed by atoms with Gasteiger partial charge in [-0.2, -0.15) is 0 Å². The molecule has 0 radical (unpaired) electrons. The van der Waals surface area contributed by atoms with E-state index in [-0.39, 0.29) is 38.0 Å². The van der Waals surface area contributed by atoms with Gasteiger partial charge in [0.15, 0.2) is 0 Å². The van der Waals surface area contributed by atoms with Gasteiger partial charge in [0, 0.05) is 37.1 Å². The van der Waals surface area contributed by atoms with Gasteiger partial charge in [-0.15, -0.1) is 10.5 Å². The second-order valence-electron chi connectivity index (χ2n) is 9.51. The van der Waals surface area contributed by atoms with Crippen molar-refractivity contribution in [2.24, 2.45) is 4.99 Å². The Morgan fingerprint density at radius 2 is 1.83 bits per heavy atom. The van der Waals surface area contributed by atoms with Crippen LogP contribution in [0, 0.1) is 0 Å². The normalized spacial score (nSPS) is 15.6. The lowest BCUT2D eigenvalue weighted by Crippen LogP contribution is -2.38. The Kier molecular flexibility index (Phi) is 10.0. The van der Waals surface area contributed by atoms with Crippen LogP contribution in [-0.4, -0.2) is 74.3 Å². The van der Waals surface area contributed by atoms with E-state index in [1.165, 1.54) is 4.90 Å². The van der Waals surface area contributed by atoms with Crippen molar-refractivity contribution in [3.8, 4) is 5.75 Å². The summed E-state index contributed by atoms with van der Waals surface area (Å²) >= 11 is 6.56. The molecule has 2 aromatic carbocycles. The summed E-state index contributed by atoms with van der Waals surface area (Å²) in [5, 5.41) is 24.7. The molecule has 218 valence electrons. The molecule has 9 nitrogen and oxygen atoms in total. The Labute approximate surface area is 252 Å². The van der Waals surface area contributed by atoms with Gasteiger partial charge < -0.3 is 30.1 Å². The molecule has 3 heterocycles. The van der Waals surface area contributed by atoms with E-state index in [0.717, 1.165) is 27.5 Å². The number of benzene rings is 2. The number of hydrogen-bond acceptors (Lipinski definition) is 8. The predicted molar refractivity (Wildman–Crippen MR) is 169 cm³/mol. The number of ether oxygens (including phenoxy) is 1. The fourth-order valence-corrected chi connectivity index (χ4v) is 6.77. The molecule has 2 aliphatic rings. The highest BCUT2D eigenvalue weighted by Crippen LogP contribution is 2.36. The first kappa shape index (κ1) is 29.5. The third kappa shape index (κ3) is 7.27. The number of nitrogens with one attached hydrogen (secondary N) is 1. The average Bonchev–Trinajstić information content (AvgIpc) is 3.43. The zero-order valence-electron chi connectivity index (χ0n) is 22.9. The fourth-order valence-electron chi connectivity index (χ4n) is 4.57. The monoisotopic (exact) mass is 605 g/mol. The largest absolute Gasteiger partial charge is 0.486 e.